The van der Waals surface area contributed by atoms with Crippen LogP contribution in [0, 0.1) is 6.92 Å². The molecule has 3 N–H and O–H groups in total. The molecular formula is C13H11BrN4S. The molecular weight excluding hydrogens is 324 g/mol. The maximum atomic E-state index is 5.67. The fourth-order valence-electron chi connectivity index (χ4n) is 1.76. The van der Waals surface area contributed by atoms with Gasteiger partial charge in [0.15, 0.2) is 5.16 Å². The molecule has 0 radical (unpaired) electrons. The third-order valence-corrected chi connectivity index (χ3v) is 4.41. The number of pyridine rings is 1. The summed E-state index contributed by atoms with van der Waals surface area (Å²) in [5, 5.41) is 1.66. The summed E-state index contributed by atoms with van der Waals surface area (Å²) in [5.74, 6) is 0. The highest BCUT2D eigenvalue weighted by molar-refractivity contribution is 9.10. The van der Waals surface area contributed by atoms with Crippen LogP contribution in [0.3, 0.4) is 0 Å². The van der Waals surface area contributed by atoms with Crippen molar-refractivity contribution in [2.75, 3.05) is 5.73 Å². The van der Waals surface area contributed by atoms with Gasteiger partial charge in [0.2, 0.25) is 0 Å². The molecule has 0 aliphatic rings. The molecule has 0 amide bonds. The molecule has 6 heteroatoms. The van der Waals surface area contributed by atoms with E-state index in [9.17, 15) is 0 Å². The third-order valence-electron chi connectivity index (χ3n) is 2.64. The summed E-state index contributed by atoms with van der Waals surface area (Å²) in [6.07, 6.45) is 1.64. The van der Waals surface area contributed by atoms with Crippen LogP contribution in [-0.4, -0.2) is 15.0 Å². The molecule has 0 saturated heterocycles. The van der Waals surface area contributed by atoms with Gasteiger partial charge in [-0.15, -0.1) is 0 Å². The molecule has 0 saturated carbocycles. The molecule has 2 heterocycles. The number of aromatic amines is 1. The summed E-state index contributed by atoms with van der Waals surface area (Å²) < 4.78 is 0.870. The normalized spacial score (nSPS) is 11.1. The summed E-state index contributed by atoms with van der Waals surface area (Å²) in [6, 6.07) is 7.98. The summed E-state index contributed by atoms with van der Waals surface area (Å²) >= 11 is 4.93. The van der Waals surface area contributed by atoms with Gasteiger partial charge in [-0.05, 0) is 58.4 Å². The smallest absolute Gasteiger partial charge is 0.172 e. The predicted octanol–water partition coefficient (Wildman–Crippen LogP) is 3.76. The van der Waals surface area contributed by atoms with Crippen molar-refractivity contribution >= 4 is 44.4 Å². The molecule has 96 valence electrons. The number of nitrogens with two attached hydrogens (primary N) is 1. The van der Waals surface area contributed by atoms with Gasteiger partial charge in [0.25, 0.3) is 0 Å². The summed E-state index contributed by atoms with van der Waals surface area (Å²) in [4.78, 5) is 12.1. The van der Waals surface area contributed by atoms with E-state index in [2.05, 4.69) is 49.9 Å². The van der Waals surface area contributed by atoms with E-state index in [0.29, 0.717) is 5.69 Å². The lowest BCUT2D eigenvalue weighted by molar-refractivity contribution is 1.05. The molecule has 3 rings (SSSR count). The number of hydrogen-bond donors (Lipinski definition) is 2. The Balaban J connectivity index is 1.96. The van der Waals surface area contributed by atoms with Crippen LogP contribution in [0.2, 0.25) is 0 Å². The van der Waals surface area contributed by atoms with Crippen molar-refractivity contribution in [2.45, 2.75) is 17.1 Å². The van der Waals surface area contributed by atoms with E-state index < -0.39 is 0 Å². The molecule has 19 heavy (non-hydrogen) atoms. The topological polar surface area (TPSA) is 67.6 Å². The Hall–Kier alpha value is -1.53. The Kier molecular flexibility index (Phi) is 3.20. The minimum absolute atomic E-state index is 0.636. The lowest BCUT2D eigenvalue weighted by Gasteiger charge is -2.01. The van der Waals surface area contributed by atoms with Crippen LogP contribution < -0.4 is 5.73 Å². The van der Waals surface area contributed by atoms with Crippen molar-refractivity contribution in [2.24, 2.45) is 0 Å². The molecule has 0 unspecified atom stereocenters. The highest BCUT2D eigenvalue weighted by Gasteiger charge is 2.09. The van der Waals surface area contributed by atoms with Gasteiger partial charge in [0.1, 0.15) is 5.03 Å². The third kappa shape index (κ3) is 2.59. The zero-order chi connectivity index (χ0) is 13.4. The van der Waals surface area contributed by atoms with E-state index in [-0.39, 0.29) is 0 Å². The fourth-order valence-corrected chi connectivity index (χ4v) is 3.11. The van der Waals surface area contributed by atoms with Crippen LogP contribution in [0.25, 0.3) is 11.0 Å². The number of nitrogens with one attached hydrogen (secondary N) is 1. The molecule has 2 aromatic heterocycles. The highest BCUT2D eigenvalue weighted by atomic mass is 79.9. The Bertz CT molecular complexity index is 753. The van der Waals surface area contributed by atoms with Crippen molar-refractivity contribution in [3.63, 3.8) is 0 Å². The average Bonchev–Trinajstić information content (AvgIpc) is 2.74. The number of anilines is 1. The van der Waals surface area contributed by atoms with Crippen LogP contribution in [0.5, 0.6) is 0 Å². The number of aromatic nitrogens is 3. The molecule has 0 bridgehead atoms. The van der Waals surface area contributed by atoms with E-state index in [1.54, 1.807) is 6.20 Å². The van der Waals surface area contributed by atoms with E-state index in [4.69, 9.17) is 5.73 Å². The van der Waals surface area contributed by atoms with E-state index in [1.807, 2.05) is 12.1 Å². The van der Waals surface area contributed by atoms with Gasteiger partial charge in [-0.2, -0.15) is 0 Å². The van der Waals surface area contributed by atoms with Gasteiger partial charge < -0.3 is 10.7 Å². The zero-order valence-electron chi connectivity index (χ0n) is 10.1. The molecule has 0 aliphatic carbocycles. The maximum Gasteiger partial charge on any atom is 0.172 e. The number of benzene rings is 1. The number of nitrogens with zero attached hydrogens (tertiary/aromatic N) is 2. The molecule has 0 atom stereocenters. The van der Waals surface area contributed by atoms with Crippen molar-refractivity contribution < 1.29 is 0 Å². The number of halogens is 1. The van der Waals surface area contributed by atoms with Gasteiger partial charge in [-0.25, -0.2) is 9.97 Å². The van der Waals surface area contributed by atoms with Crippen LogP contribution in [0.4, 0.5) is 5.69 Å². The number of nitrogen functional groups attached to an aromatic ring is 1. The Morgan fingerprint density at radius 3 is 2.95 bits per heavy atom. The van der Waals surface area contributed by atoms with Gasteiger partial charge >= 0.3 is 0 Å². The molecule has 0 aliphatic heterocycles. The number of hydrogen-bond acceptors (Lipinski definition) is 4. The first kappa shape index (κ1) is 12.5. The lowest BCUT2D eigenvalue weighted by atomic mass is 10.2. The largest absolute Gasteiger partial charge is 0.397 e. The van der Waals surface area contributed by atoms with E-state index in [1.165, 1.54) is 17.3 Å². The second kappa shape index (κ2) is 4.86. The monoisotopic (exact) mass is 334 g/mol. The van der Waals surface area contributed by atoms with Gasteiger partial charge in [0.05, 0.1) is 27.4 Å². The molecule has 1 aromatic carbocycles. The van der Waals surface area contributed by atoms with Crippen molar-refractivity contribution in [3.8, 4) is 0 Å². The van der Waals surface area contributed by atoms with Crippen LogP contribution in [-0.2, 0) is 0 Å². The number of rotatable bonds is 2. The minimum Gasteiger partial charge on any atom is -0.397 e. The summed E-state index contributed by atoms with van der Waals surface area (Å²) in [5.41, 5.74) is 9.51. The molecule has 0 spiro atoms. The van der Waals surface area contributed by atoms with Crippen LogP contribution in [0.1, 0.15) is 5.56 Å². The first-order chi connectivity index (χ1) is 9.11. The van der Waals surface area contributed by atoms with Crippen LogP contribution >= 0.6 is 27.7 Å². The van der Waals surface area contributed by atoms with Crippen LogP contribution in [0.15, 0.2) is 45.1 Å². The SMILES string of the molecule is Cc1ccc2nc(Sc3ncc(N)cc3Br)[nH]c2c1. The number of H-pyrrole nitrogens is 1. The summed E-state index contributed by atoms with van der Waals surface area (Å²) in [7, 11) is 0. The highest BCUT2D eigenvalue weighted by Crippen LogP contribution is 2.32. The van der Waals surface area contributed by atoms with Gasteiger partial charge in [-0.3, -0.25) is 0 Å². The Morgan fingerprint density at radius 1 is 1.32 bits per heavy atom. The lowest BCUT2D eigenvalue weighted by Crippen LogP contribution is -1.89. The Labute approximate surface area is 123 Å². The minimum atomic E-state index is 0.636. The number of imidazole rings is 1. The van der Waals surface area contributed by atoms with Crippen molar-refractivity contribution in [1.82, 2.24) is 15.0 Å². The first-order valence-electron chi connectivity index (χ1n) is 5.67. The Morgan fingerprint density at radius 2 is 2.16 bits per heavy atom. The fraction of sp³-hybridized carbons (Fsp3) is 0.0769. The summed E-state index contributed by atoms with van der Waals surface area (Å²) in [6.45, 7) is 2.06. The standard InChI is InChI=1S/C13H11BrN4S/c1-7-2-3-10-11(4-7)18-13(17-10)19-12-9(14)5-8(15)6-16-12/h2-6H,15H2,1H3,(H,17,18). The van der Waals surface area contributed by atoms with Crippen molar-refractivity contribution in [3.05, 3.63) is 40.5 Å². The molecule has 4 nitrogen and oxygen atoms in total. The van der Waals surface area contributed by atoms with E-state index in [0.717, 1.165) is 25.7 Å². The quantitative estimate of drug-likeness (QED) is 0.748. The molecule has 0 fully saturated rings. The molecule has 3 aromatic rings. The number of aryl methyl sites for hydroxylation is 1. The maximum absolute atomic E-state index is 5.67. The zero-order valence-corrected chi connectivity index (χ0v) is 12.5. The van der Waals surface area contributed by atoms with Crippen molar-refractivity contribution in [1.29, 1.82) is 0 Å². The second-order valence-corrected chi connectivity index (χ2v) is 6.05. The number of fused-ring (bicyclic) bond motifs is 1. The van der Waals surface area contributed by atoms with Gasteiger partial charge in [0, 0.05) is 0 Å². The van der Waals surface area contributed by atoms with E-state index >= 15 is 0 Å². The van der Waals surface area contributed by atoms with Gasteiger partial charge in [-0.1, -0.05) is 6.07 Å². The second-order valence-electron chi connectivity index (χ2n) is 4.22. The predicted molar refractivity (Wildman–Crippen MR) is 81.3 cm³/mol. The average molecular weight is 335 g/mol. The first-order valence-corrected chi connectivity index (χ1v) is 7.28.